The fourth-order valence-electron chi connectivity index (χ4n) is 3.44. The number of amides is 1. The molecule has 6 nitrogen and oxygen atoms in total. The zero-order chi connectivity index (χ0) is 21.8. The first-order valence-corrected chi connectivity index (χ1v) is 9.72. The van der Waals surface area contributed by atoms with Gasteiger partial charge in [-0.2, -0.15) is 0 Å². The molecule has 0 bridgehead atoms. The number of methoxy groups -OCH3 is 1. The van der Waals surface area contributed by atoms with Gasteiger partial charge in [0.15, 0.2) is 5.78 Å². The number of fused-ring (bicyclic) bond motifs is 1. The van der Waals surface area contributed by atoms with E-state index in [2.05, 4.69) is 5.32 Å². The monoisotopic (exact) mass is 412 g/mol. The molecule has 1 amide bonds. The Morgan fingerprint density at radius 3 is 2.45 bits per heavy atom. The highest BCUT2D eigenvalue weighted by Crippen LogP contribution is 2.18. The lowest BCUT2D eigenvalue weighted by Crippen LogP contribution is -2.24. The van der Waals surface area contributed by atoms with Gasteiger partial charge in [-0.15, -0.1) is 0 Å². The maximum absolute atomic E-state index is 13.0. The third-order valence-electron chi connectivity index (χ3n) is 4.94. The molecule has 1 aromatic heterocycles. The number of nitrogens with zero attached hydrogens (tertiary/aromatic N) is 1. The van der Waals surface area contributed by atoms with Crippen molar-refractivity contribution in [3.05, 3.63) is 106 Å². The molecule has 0 saturated heterocycles. The van der Waals surface area contributed by atoms with Crippen LogP contribution in [0.5, 0.6) is 5.75 Å². The average molecular weight is 412 g/mol. The molecule has 0 aliphatic carbocycles. The van der Waals surface area contributed by atoms with Gasteiger partial charge >= 0.3 is 0 Å². The van der Waals surface area contributed by atoms with Crippen molar-refractivity contribution in [3.63, 3.8) is 0 Å². The Bertz CT molecular complexity index is 1330. The van der Waals surface area contributed by atoms with E-state index in [9.17, 15) is 14.4 Å². The van der Waals surface area contributed by atoms with Crippen molar-refractivity contribution in [1.29, 1.82) is 0 Å². The van der Waals surface area contributed by atoms with Crippen LogP contribution in [0.25, 0.3) is 10.9 Å². The van der Waals surface area contributed by atoms with Gasteiger partial charge in [-0.05, 0) is 24.3 Å². The first-order valence-electron chi connectivity index (χ1n) is 9.72. The van der Waals surface area contributed by atoms with E-state index in [-0.39, 0.29) is 29.2 Å². The Labute approximate surface area is 178 Å². The normalized spacial score (nSPS) is 10.6. The van der Waals surface area contributed by atoms with Gasteiger partial charge in [0.2, 0.25) is 11.3 Å². The van der Waals surface area contributed by atoms with E-state index in [4.69, 9.17) is 4.74 Å². The van der Waals surface area contributed by atoms with E-state index >= 15 is 0 Å². The number of carbonyl (C=O) groups is 2. The SMILES string of the molecule is COc1cccc(NC(=O)Cn2cc(C(=O)c3ccccc3)c(=O)c3ccccc32)c1. The summed E-state index contributed by atoms with van der Waals surface area (Å²) >= 11 is 0. The Morgan fingerprint density at radius 2 is 1.68 bits per heavy atom. The molecule has 154 valence electrons. The largest absolute Gasteiger partial charge is 0.497 e. The van der Waals surface area contributed by atoms with Crippen LogP contribution in [0.4, 0.5) is 5.69 Å². The molecule has 0 aliphatic rings. The number of ketones is 1. The van der Waals surface area contributed by atoms with E-state index in [0.717, 1.165) is 0 Å². The van der Waals surface area contributed by atoms with Crippen LogP contribution in [-0.4, -0.2) is 23.4 Å². The Hall–Kier alpha value is -4.19. The zero-order valence-corrected chi connectivity index (χ0v) is 16.9. The zero-order valence-electron chi connectivity index (χ0n) is 16.9. The summed E-state index contributed by atoms with van der Waals surface area (Å²) in [4.78, 5) is 38.7. The Balaban J connectivity index is 1.71. The molecule has 0 unspecified atom stereocenters. The third-order valence-corrected chi connectivity index (χ3v) is 4.94. The maximum atomic E-state index is 13.0. The summed E-state index contributed by atoms with van der Waals surface area (Å²) in [5.41, 5.74) is 1.27. The van der Waals surface area contributed by atoms with E-state index in [1.165, 1.54) is 6.20 Å². The molecule has 4 rings (SSSR count). The smallest absolute Gasteiger partial charge is 0.244 e. The molecule has 0 radical (unpaired) electrons. The molecule has 0 fully saturated rings. The van der Waals surface area contributed by atoms with E-state index in [1.807, 2.05) is 0 Å². The van der Waals surface area contributed by atoms with Gasteiger partial charge in [0.25, 0.3) is 0 Å². The highest BCUT2D eigenvalue weighted by Gasteiger charge is 2.18. The highest BCUT2D eigenvalue weighted by atomic mass is 16.5. The first kappa shape index (κ1) is 20.1. The first-order chi connectivity index (χ1) is 15.1. The lowest BCUT2D eigenvalue weighted by molar-refractivity contribution is -0.116. The second-order valence-corrected chi connectivity index (χ2v) is 6.99. The predicted octanol–water partition coefficient (Wildman–Crippen LogP) is 3.88. The highest BCUT2D eigenvalue weighted by molar-refractivity contribution is 6.10. The number of nitrogens with one attached hydrogen (secondary N) is 1. The minimum atomic E-state index is -0.377. The standard InChI is InChI=1S/C25H20N2O4/c1-31-19-11-7-10-18(14-19)26-23(28)16-27-15-21(24(29)17-8-3-2-4-9-17)25(30)20-12-5-6-13-22(20)27/h2-15H,16H2,1H3,(H,26,28). The summed E-state index contributed by atoms with van der Waals surface area (Å²) < 4.78 is 6.81. The molecular weight excluding hydrogens is 392 g/mol. The van der Waals surface area contributed by atoms with Crippen LogP contribution < -0.4 is 15.5 Å². The average Bonchev–Trinajstić information content (AvgIpc) is 2.81. The minimum absolute atomic E-state index is 0.0269. The molecule has 0 spiro atoms. The van der Waals surface area contributed by atoms with Gasteiger partial charge in [0.05, 0.1) is 18.2 Å². The number of ether oxygens (including phenoxy) is 1. The number of hydrogen-bond acceptors (Lipinski definition) is 4. The predicted molar refractivity (Wildman–Crippen MR) is 120 cm³/mol. The van der Waals surface area contributed by atoms with Gasteiger partial charge in [-0.1, -0.05) is 48.5 Å². The summed E-state index contributed by atoms with van der Waals surface area (Å²) in [6.45, 7) is -0.0624. The van der Waals surface area contributed by atoms with Crippen LogP contribution in [0.1, 0.15) is 15.9 Å². The number of pyridine rings is 1. The van der Waals surface area contributed by atoms with Gasteiger partial charge < -0.3 is 14.6 Å². The van der Waals surface area contributed by atoms with Crippen LogP contribution in [0.15, 0.2) is 89.9 Å². The number of aromatic nitrogens is 1. The number of benzene rings is 3. The lowest BCUT2D eigenvalue weighted by Gasteiger charge is -2.14. The number of carbonyl (C=O) groups excluding carboxylic acids is 2. The van der Waals surface area contributed by atoms with Crippen molar-refractivity contribution in [1.82, 2.24) is 4.57 Å². The fourth-order valence-corrected chi connectivity index (χ4v) is 3.44. The molecular formula is C25H20N2O4. The van der Waals surface area contributed by atoms with Crippen molar-refractivity contribution in [2.24, 2.45) is 0 Å². The summed E-state index contributed by atoms with van der Waals surface area (Å²) in [6.07, 6.45) is 1.46. The lowest BCUT2D eigenvalue weighted by atomic mass is 10.0. The minimum Gasteiger partial charge on any atom is -0.497 e. The van der Waals surface area contributed by atoms with Gasteiger partial charge in [0, 0.05) is 28.9 Å². The molecule has 0 atom stereocenters. The molecule has 6 heteroatoms. The Kier molecular flexibility index (Phi) is 5.62. The molecule has 0 aliphatic heterocycles. The molecule has 1 heterocycles. The molecule has 31 heavy (non-hydrogen) atoms. The molecule has 0 saturated carbocycles. The number of anilines is 1. The van der Waals surface area contributed by atoms with Crippen molar-refractivity contribution < 1.29 is 14.3 Å². The van der Waals surface area contributed by atoms with Gasteiger partial charge in [0.1, 0.15) is 12.3 Å². The van der Waals surface area contributed by atoms with Crippen LogP contribution in [0.3, 0.4) is 0 Å². The van der Waals surface area contributed by atoms with Crippen LogP contribution in [0, 0.1) is 0 Å². The number of hydrogen-bond donors (Lipinski definition) is 1. The van der Waals surface area contributed by atoms with Crippen molar-refractivity contribution in [2.75, 3.05) is 12.4 Å². The van der Waals surface area contributed by atoms with E-state index in [0.29, 0.717) is 27.9 Å². The second-order valence-electron chi connectivity index (χ2n) is 6.99. The summed E-state index contributed by atoms with van der Waals surface area (Å²) in [5, 5.41) is 3.21. The van der Waals surface area contributed by atoms with Crippen LogP contribution >= 0.6 is 0 Å². The van der Waals surface area contributed by atoms with Crippen molar-refractivity contribution in [3.8, 4) is 5.75 Å². The van der Waals surface area contributed by atoms with Gasteiger partial charge in [-0.25, -0.2) is 0 Å². The number of rotatable bonds is 6. The topological polar surface area (TPSA) is 77.4 Å². The quantitative estimate of drug-likeness (QED) is 0.488. The molecule has 3 aromatic carbocycles. The second kappa shape index (κ2) is 8.67. The van der Waals surface area contributed by atoms with Crippen LogP contribution in [-0.2, 0) is 11.3 Å². The maximum Gasteiger partial charge on any atom is 0.244 e. The van der Waals surface area contributed by atoms with E-state index in [1.54, 1.807) is 90.5 Å². The van der Waals surface area contributed by atoms with E-state index < -0.39 is 0 Å². The fraction of sp³-hybridized carbons (Fsp3) is 0.0800. The van der Waals surface area contributed by atoms with Crippen molar-refractivity contribution >= 4 is 28.3 Å². The molecule has 4 aromatic rings. The number of para-hydroxylation sites is 1. The molecule has 1 N–H and O–H groups in total. The Morgan fingerprint density at radius 1 is 0.935 bits per heavy atom. The van der Waals surface area contributed by atoms with Crippen molar-refractivity contribution in [2.45, 2.75) is 6.54 Å². The van der Waals surface area contributed by atoms with Gasteiger partial charge in [-0.3, -0.25) is 14.4 Å². The summed E-state index contributed by atoms with van der Waals surface area (Å²) in [7, 11) is 1.55. The summed E-state index contributed by atoms with van der Waals surface area (Å²) in [5.74, 6) is -0.0409. The third kappa shape index (κ3) is 4.23. The van der Waals surface area contributed by atoms with Crippen LogP contribution in [0.2, 0.25) is 0 Å². The summed E-state index contributed by atoms with van der Waals surface area (Å²) in [6, 6.07) is 22.6.